The van der Waals surface area contributed by atoms with Gasteiger partial charge >= 0.3 is 12.1 Å². The molecule has 0 saturated carbocycles. The molecule has 0 spiro atoms. The molecule has 2 unspecified atom stereocenters. The molecule has 3 rings (SSSR count). The number of fused-ring (bicyclic) bond motifs is 1. The van der Waals surface area contributed by atoms with E-state index in [0.29, 0.717) is 6.10 Å². The summed E-state index contributed by atoms with van der Waals surface area (Å²) in [6.07, 6.45) is -1.26. The number of hydrogen-bond donors (Lipinski definition) is 1. The van der Waals surface area contributed by atoms with Gasteiger partial charge in [0.15, 0.2) is 0 Å². The number of halogens is 3. The zero-order chi connectivity index (χ0) is 20.1. The Kier molecular flexibility index (Phi) is 7.30. The van der Waals surface area contributed by atoms with Crippen LogP contribution in [0.1, 0.15) is 30.8 Å². The van der Waals surface area contributed by atoms with Crippen LogP contribution in [0, 0.1) is 12.3 Å². The largest absolute Gasteiger partial charge is 0.490 e. The number of aryl methyl sites for hydroxylation is 1. The summed E-state index contributed by atoms with van der Waals surface area (Å²) < 4.78 is 49.0. The average molecular weight is 393 g/mol. The minimum absolute atomic E-state index is 0.173. The molecule has 0 amide bonds. The quantitative estimate of drug-likeness (QED) is 0.847. The maximum absolute atomic E-state index is 10.6. The maximum Gasteiger partial charge on any atom is 0.490 e. The molecule has 1 N–H and O–H groups in total. The van der Waals surface area contributed by atoms with Crippen molar-refractivity contribution in [2.24, 2.45) is 5.41 Å². The van der Waals surface area contributed by atoms with E-state index in [-0.39, 0.29) is 5.41 Å². The number of piperidine rings is 1. The number of methoxy groups -OCH3 is 1. The third kappa shape index (κ3) is 5.95. The highest BCUT2D eigenvalue weighted by Gasteiger charge is 2.46. The summed E-state index contributed by atoms with van der Waals surface area (Å²) in [6.45, 7) is 6.73. The van der Waals surface area contributed by atoms with Gasteiger partial charge in [0.1, 0.15) is 11.5 Å². The van der Waals surface area contributed by atoms with Crippen molar-refractivity contribution in [2.45, 2.75) is 45.0 Å². The third-order valence-corrected chi connectivity index (χ3v) is 4.92. The molecule has 154 valence electrons. The van der Waals surface area contributed by atoms with Gasteiger partial charge in [0.2, 0.25) is 0 Å². The second kappa shape index (κ2) is 9.07. The first-order chi connectivity index (χ1) is 12.7. The Balaban J connectivity index is 0.000000321. The molecule has 2 aliphatic heterocycles. The number of likely N-dealkylation sites (tertiary alicyclic amines) is 1. The van der Waals surface area contributed by atoms with E-state index in [9.17, 15) is 13.2 Å². The lowest BCUT2D eigenvalue weighted by molar-refractivity contribution is -0.192. The predicted molar refractivity (Wildman–Crippen MR) is 90.3 cm³/mol. The third-order valence-electron chi connectivity index (χ3n) is 4.92. The van der Waals surface area contributed by atoms with E-state index in [2.05, 4.69) is 11.0 Å². The van der Waals surface area contributed by atoms with Crippen LogP contribution in [0.4, 0.5) is 13.2 Å². The fourth-order valence-corrected chi connectivity index (χ4v) is 3.81. The maximum atomic E-state index is 10.6. The topological polar surface area (TPSA) is 72.1 Å². The van der Waals surface area contributed by atoms with Gasteiger partial charge in [-0.05, 0) is 38.3 Å². The van der Waals surface area contributed by atoms with Crippen molar-refractivity contribution in [2.75, 3.05) is 33.4 Å². The van der Waals surface area contributed by atoms with Crippen LogP contribution < -0.4 is 0 Å². The van der Waals surface area contributed by atoms with E-state index >= 15 is 0 Å². The Morgan fingerprint density at radius 2 is 2.15 bits per heavy atom. The van der Waals surface area contributed by atoms with Crippen molar-refractivity contribution in [3.63, 3.8) is 0 Å². The second-order valence-electron chi connectivity index (χ2n) is 7.07. The van der Waals surface area contributed by atoms with E-state index in [1.807, 2.05) is 13.0 Å². The summed E-state index contributed by atoms with van der Waals surface area (Å²) in [5.41, 5.74) is 0.173. The zero-order valence-corrected chi connectivity index (χ0v) is 15.6. The van der Waals surface area contributed by atoms with Crippen LogP contribution in [0.2, 0.25) is 0 Å². The van der Waals surface area contributed by atoms with Gasteiger partial charge in [-0.1, -0.05) is 0 Å². The molecule has 3 heterocycles. The Hall–Kier alpha value is -1.58. The van der Waals surface area contributed by atoms with Crippen LogP contribution in [-0.4, -0.2) is 61.7 Å². The highest BCUT2D eigenvalue weighted by molar-refractivity contribution is 5.73. The number of aliphatic carboxylic acids is 1. The number of carbonyl (C=O) groups is 1. The zero-order valence-electron chi connectivity index (χ0n) is 15.6. The van der Waals surface area contributed by atoms with E-state index in [1.165, 1.54) is 6.42 Å². The Labute approximate surface area is 156 Å². The van der Waals surface area contributed by atoms with Crippen LogP contribution in [0.15, 0.2) is 16.5 Å². The number of ether oxygens (including phenoxy) is 2. The summed E-state index contributed by atoms with van der Waals surface area (Å²) >= 11 is 0. The molecule has 2 fully saturated rings. The lowest BCUT2D eigenvalue weighted by Gasteiger charge is -2.50. The van der Waals surface area contributed by atoms with Crippen LogP contribution >= 0.6 is 0 Å². The lowest BCUT2D eigenvalue weighted by atomic mass is 9.73. The summed E-state index contributed by atoms with van der Waals surface area (Å²) in [7, 11) is 1.80. The SMILES string of the molecule is COCC12CCCOC1CCN(Cc1ccc(C)o1)C2.O=C(O)C(F)(F)F. The molecule has 0 bridgehead atoms. The van der Waals surface area contributed by atoms with E-state index in [1.54, 1.807) is 7.11 Å². The van der Waals surface area contributed by atoms with Gasteiger partial charge in [-0.25, -0.2) is 4.79 Å². The van der Waals surface area contributed by atoms with E-state index in [4.69, 9.17) is 23.8 Å². The van der Waals surface area contributed by atoms with Crippen LogP contribution in [0.25, 0.3) is 0 Å². The highest BCUT2D eigenvalue weighted by Crippen LogP contribution is 2.40. The predicted octanol–water partition coefficient (Wildman–Crippen LogP) is 3.24. The van der Waals surface area contributed by atoms with Crippen LogP contribution in [0.3, 0.4) is 0 Å². The number of hydrogen-bond acceptors (Lipinski definition) is 5. The molecule has 2 aliphatic rings. The Morgan fingerprint density at radius 3 is 2.70 bits per heavy atom. The van der Waals surface area contributed by atoms with Crippen molar-refractivity contribution in [1.82, 2.24) is 4.90 Å². The van der Waals surface area contributed by atoms with Crippen molar-refractivity contribution in [1.29, 1.82) is 0 Å². The molecule has 6 nitrogen and oxygen atoms in total. The molecular formula is C18H26F3NO5. The molecule has 27 heavy (non-hydrogen) atoms. The monoisotopic (exact) mass is 393 g/mol. The van der Waals surface area contributed by atoms with Gasteiger partial charge < -0.3 is 19.0 Å². The molecule has 0 radical (unpaired) electrons. The minimum Gasteiger partial charge on any atom is -0.475 e. The molecule has 0 aliphatic carbocycles. The standard InChI is InChI=1S/C16H25NO3.C2HF3O2/c1-13-4-5-14(20-13)10-17-8-6-15-16(11-17,12-18-2)7-3-9-19-15;3-2(4,5)1(6)7/h4-5,15H,3,6-12H2,1-2H3;(H,6,7). The first kappa shape index (κ1) is 21.7. The number of rotatable bonds is 4. The van der Waals surface area contributed by atoms with Gasteiger partial charge in [-0.2, -0.15) is 13.2 Å². The summed E-state index contributed by atoms with van der Waals surface area (Å²) in [5.74, 6) is -0.708. The van der Waals surface area contributed by atoms with Crippen LogP contribution in [-0.2, 0) is 20.8 Å². The van der Waals surface area contributed by atoms with Crippen LogP contribution in [0.5, 0.6) is 0 Å². The summed E-state index contributed by atoms with van der Waals surface area (Å²) in [4.78, 5) is 11.4. The van der Waals surface area contributed by atoms with Crippen molar-refractivity contribution in [3.8, 4) is 0 Å². The number of nitrogens with zero attached hydrogens (tertiary/aromatic N) is 1. The highest BCUT2D eigenvalue weighted by atomic mass is 19.4. The van der Waals surface area contributed by atoms with Gasteiger partial charge in [-0.3, -0.25) is 4.90 Å². The van der Waals surface area contributed by atoms with Gasteiger partial charge in [0, 0.05) is 32.2 Å². The normalized spacial score (nSPS) is 26.0. The van der Waals surface area contributed by atoms with E-state index in [0.717, 1.165) is 57.2 Å². The fraction of sp³-hybridized carbons (Fsp3) is 0.722. The molecule has 1 aromatic rings. The van der Waals surface area contributed by atoms with Crippen molar-refractivity contribution in [3.05, 3.63) is 23.7 Å². The molecular weight excluding hydrogens is 367 g/mol. The van der Waals surface area contributed by atoms with Crippen molar-refractivity contribution >= 4 is 5.97 Å². The minimum atomic E-state index is -5.08. The number of alkyl halides is 3. The number of carboxylic acid groups (broad SMARTS) is 1. The molecule has 0 aromatic carbocycles. The van der Waals surface area contributed by atoms with Gasteiger partial charge in [-0.15, -0.1) is 0 Å². The van der Waals surface area contributed by atoms with Crippen molar-refractivity contribution < 1.29 is 37.0 Å². The average Bonchev–Trinajstić information content (AvgIpc) is 2.99. The first-order valence-electron chi connectivity index (χ1n) is 8.84. The number of carboxylic acids is 1. The lowest BCUT2D eigenvalue weighted by Crippen LogP contribution is -2.56. The molecule has 2 atom stereocenters. The van der Waals surface area contributed by atoms with Gasteiger partial charge in [0.05, 0.1) is 19.3 Å². The second-order valence-corrected chi connectivity index (χ2v) is 7.07. The first-order valence-corrected chi connectivity index (χ1v) is 8.84. The molecule has 9 heteroatoms. The van der Waals surface area contributed by atoms with Gasteiger partial charge in [0.25, 0.3) is 0 Å². The Morgan fingerprint density at radius 1 is 1.44 bits per heavy atom. The number of furan rings is 1. The molecule has 1 aromatic heterocycles. The Bertz CT molecular complexity index is 614. The van der Waals surface area contributed by atoms with E-state index < -0.39 is 12.1 Å². The molecule has 2 saturated heterocycles. The summed E-state index contributed by atoms with van der Waals surface area (Å²) in [6, 6.07) is 4.12. The fourth-order valence-electron chi connectivity index (χ4n) is 3.81. The smallest absolute Gasteiger partial charge is 0.475 e. The summed E-state index contributed by atoms with van der Waals surface area (Å²) in [5, 5.41) is 7.12.